The molecule has 2 fully saturated rings. The molecule has 4 nitrogen and oxygen atoms in total. The van der Waals surface area contributed by atoms with Gasteiger partial charge in [0.25, 0.3) is 5.91 Å². The minimum atomic E-state index is 0.190. The topological polar surface area (TPSA) is 58.4 Å². The summed E-state index contributed by atoms with van der Waals surface area (Å²) < 4.78 is 0. The van der Waals surface area contributed by atoms with Crippen molar-refractivity contribution in [3.63, 3.8) is 0 Å². The van der Waals surface area contributed by atoms with E-state index in [2.05, 4.69) is 10.3 Å². The molecule has 0 radical (unpaired) electrons. The largest absolute Gasteiger partial charge is 0.335 e. The average molecular weight is 259 g/mol. The Bertz CT molecular complexity index is 492. The van der Waals surface area contributed by atoms with Crippen molar-refractivity contribution in [3.05, 3.63) is 29.3 Å². The molecule has 0 unspecified atom stereocenters. The first-order chi connectivity index (χ1) is 9.19. The minimum absolute atomic E-state index is 0.190. The second-order valence-corrected chi connectivity index (χ2v) is 5.81. The number of carbonyl (C=O) groups is 1. The molecule has 2 aliphatic carbocycles. The van der Waals surface area contributed by atoms with Crippen LogP contribution in [0.1, 0.15) is 41.6 Å². The van der Waals surface area contributed by atoms with Crippen LogP contribution in [0.15, 0.2) is 18.2 Å². The molecule has 0 spiro atoms. The zero-order chi connectivity index (χ0) is 13.4. The van der Waals surface area contributed by atoms with Crippen molar-refractivity contribution < 1.29 is 4.79 Å². The van der Waals surface area contributed by atoms with Gasteiger partial charge < -0.3 is 10.3 Å². The van der Waals surface area contributed by atoms with Crippen molar-refractivity contribution >= 4 is 11.6 Å². The van der Waals surface area contributed by atoms with Gasteiger partial charge in [0.05, 0.1) is 0 Å². The van der Waals surface area contributed by atoms with Crippen LogP contribution in [-0.4, -0.2) is 23.4 Å². The van der Waals surface area contributed by atoms with Gasteiger partial charge in [-0.15, -0.1) is 0 Å². The number of nitrogens with one attached hydrogen (secondary N) is 1. The van der Waals surface area contributed by atoms with E-state index in [4.69, 9.17) is 5.84 Å². The number of anilines is 1. The monoisotopic (exact) mass is 259 g/mol. The molecule has 4 heteroatoms. The lowest BCUT2D eigenvalue weighted by molar-refractivity contribution is 0.0734. The molecule has 0 aliphatic heterocycles. The van der Waals surface area contributed by atoms with Gasteiger partial charge in [-0.05, 0) is 62.3 Å². The van der Waals surface area contributed by atoms with Crippen LogP contribution in [0.4, 0.5) is 5.69 Å². The van der Waals surface area contributed by atoms with Crippen LogP contribution < -0.4 is 11.3 Å². The lowest BCUT2D eigenvalue weighted by atomic mass is 10.1. The van der Waals surface area contributed by atoms with Crippen LogP contribution in [0.5, 0.6) is 0 Å². The van der Waals surface area contributed by atoms with Crippen molar-refractivity contribution in [3.8, 4) is 0 Å². The fourth-order valence-corrected chi connectivity index (χ4v) is 2.51. The molecule has 1 amide bonds. The van der Waals surface area contributed by atoms with Crippen molar-refractivity contribution in [2.24, 2.45) is 11.8 Å². The Balaban J connectivity index is 1.80. The van der Waals surface area contributed by atoms with Gasteiger partial charge in [-0.2, -0.15) is 0 Å². The number of hydrogen-bond acceptors (Lipinski definition) is 3. The van der Waals surface area contributed by atoms with Gasteiger partial charge in [-0.3, -0.25) is 10.6 Å². The number of nitrogen functional groups attached to an aromatic ring is 1. The van der Waals surface area contributed by atoms with Crippen molar-refractivity contribution in [1.82, 2.24) is 4.90 Å². The summed E-state index contributed by atoms with van der Waals surface area (Å²) in [7, 11) is 0. The number of carbonyl (C=O) groups excluding carboxylic acids is 1. The van der Waals surface area contributed by atoms with Crippen molar-refractivity contribution in [2.75, 3.05) is 12.0 Å². The quantitative estimate of drug-likeness (QED) is 0.630. The highest BCUT2D eigenvalue weighted by atomic mass is 16.2. The van der Waals surface area contributed by atoms with E-state index in [1.165, 1.54) is 25.7 Å². The van der Waals surface area contributed by atoms with E-state index < -0.39 is 0 Å². The molecule has 2 saturated carbocycles. The van der Waals surface area contributed by atoms with E-state index >= 15 is 0 Å². The third kappa shape index (κ3) is 2.73. The molecule has 2 aliphatic rings. The van der Waals surface area contributed by atoms with Crippen molar-refractivity contribution in [2.45, 2.75) is 38.6 Å². The molecule has 3 N–H and O–H groups in total. The summed E-state index contributed by atoms with van der Waals surface area (Å²) in [6, 6.07) is 6.16. The van der Waals surface area contributed by atoms with Gasteiger partial charge in [0, 0.05) is 23.8 Å². The van der Waals surface area contributed by atoms with Gasteiger partial charge in [-0.1, -0.05) is 0 Å². The predicted octanol–water partition coefficient (Wildman–Crippen LogP) is 2.30. The molecular formula is C15H21N3O. The van der Waals surface area contributed by atoms with Gasteiger partial charge in [0.1, 0.15) is 0 Å². The SMILES string of the molecule is Cc1cc(NN)ccc1C(=O)N(CC1CC1)C1CC1. The number of nitrogens with zero attached hydrogens (tertiary/aromatic N) is 1. The number of rotatable bonds is 5. The lowest BCUT2D eigenvalue weighted by Gasteiger charge is -2.23. The van der Waals surface area contributed by atoms with Crippen LogP contribution in [0.3, 0.4) is 0 Å². The zero-order valence-corrected chi connectivity index (χ0v) is 11.4. The van der Waals surface area contributed by atoms with Crippen LogP contribution in [0.25, 0.3) is 0 Å². The van der Waals surface area contributed by atoms with Gasteiger partial charge in [0.2, 0.25) is 0 Å². The number of hydrazine groups is 1. The molecule has 0 atom stereocenters. The molecule has 0 heterocycles. The molecular weight excluding hydrogens is 238 g/mol. The third-order valence-electron chi connectivity index (χ3n) is 4.02. The third-order valence-corrected chi connectivity index (χ3v) is 4.02. The second-order valence-electron chi connectivity index (χ2n) is 5.81. The smallest absolute Gasteiger partial charge is 0.254 e. The normalized spacial score (nSPS) is 18.2. The number of amides is 1. The summed E-state index contributed by atoms with van der Waals surface area (Å²) in [4.78, 5) is 14.8. The minimum Gasteiger partial charge on any atom is -0.335 e. The first-order valence-corrected chi connectivity index (χ1v) is 7.07. The first-order valence-electron chi connectivity index (χ1n) is 7.07. The summed E-state index contributed by atoms with van der Waals surface area (Å²) in [6.07, 6.45) is 4.90. The van der Waals surface area contributed by atoms with Crippen LogP contribution in [0.2, 0.25) is 0 Å². The van der Waals surface area contributed by atoms with E-state index in [9.17, 15) is 4.79 Å². The average Bonchev–Trinajstić information content (AvgIpc) is 3.27. The molecule has 19 heavy (non-hydrogen) atoms. The fraction of sp³-hybridized carbons (Fsp3) is 0.533. The maximum atomic E-state index is 12.7. The Hall–Kier alpha value is -1.55. The molecule has 3 rings (SSSR count). The number of benzene rings is 1. The first kappa shape index (κ1) is 12.5. The Morgan fingerprint density at radius 3 is 2.63 bits per heavy atom. The number of aryl methyl sites for hydroxylation is 1. The Morgan fingerprint density at radius 1 is 1.37 bits per heavy atom. The highest BCUT2D eigenvalue weighted by Gasteiger charge is 2.37. The summed E-state index contributed by atoms with van der Waals surface area (Å²) in [5.74, 6) is 6.33. The lowest BCUT2D eigenvalue weighted by Crippen LogP contribution is -2.35. The molecule has 102 valence electrons. The van der Waals surface area contributed by atoms with Gasteiger partial charge >= 0.3 is 0 Å². The second kappa shape index (κ2) is 4.85. The van der Waals surface area contributed by atoms with E-state index in [0.717, 1.165) is 29.3 Å². The maximum Gasteiger partial charge on any atom is 0.254 e. The van der Waals surface area contributed by atoms with Gasteiger partial charge in [0.15, 0.2) is 0 Å². The Labute approximate surface area is 113 Å². The highest BCUT2D eigenvalue weighted by Crippen LogP contribution is 2.36. The molecule has 1 aromatic rings. The summed E-state index contributed by atoms with van der Waals surface area (Å²) in [5.41, 5.74) is 5.26. The van der Waals surface area contributed by atoms with E-state index in [-0.39, 0.29) is 5.91 Å². The number of nitrogens with two attached hydrogens (primary N) is 1. The summed E-state index contributed by atoms with van der Waals surface area (Å²) >= 11 is 0. The summed E-state index contributed by atoms with van der Waals surface area (Å²) in [5, 5.41) is 0. The maximum absolute atomic E-state index is 12.7. The Kier molecular flexibility index (Phi) is 3.19. The predicted molar refractivity (Wildman–Crippen MR) is 75.8 cm³/mol. The molecule has 0 saturated heterocycles. The highest BCUT2D eigenvalue weighted by molar-refractivity contribution is 5.96. The summed E-state index contributed by atoms with van der Waals surface area (Å²) in [6.45, 7) is 2.91. The van der Waals surface area contributed by atoms with E-state index in [1.807, 2.05) is 25.1 Å². The van der Waals surface area contributed by atoms with Crippen LogP contribution in [-0.2, 0) is 0 Å². The van der Waals surface area contributed by atoms with E-state index in [1.54, 1.807) is 0 Å². The molecule has 0 aromatic heterocycles. The van der Waals surface area contributed by atoms with Gasteiger partial charge in [-0.25, -0.2) is 0 Å². The molecule has 0 bridgehead atoms. The van der Waals surface area contributed by atoms with E-state index in [0.29, 0.717) is 6.04 Å². The standard InChI is InChI=1S/C15H21N3O/c1-10-8-12(17-16)4-7-14(10)15(19)18(13-5-6-13)9-11-2-3-11/h4,7-8,11,13,17H,2-3,5-6,9,16H2,1H3. The van der Waals surface area contributed by atoms with Crippen molar-refractivity contribution in [1.29, 1.82) is 0 Å². The Morgan fingerprint density at radius 2 is 2.11 bits per heavy atom. The number of hydrogen-bond donors (Lipinski definition) is 2. The van der Waals surface area contributed by atoms with Crippen LogP contribution in [0, 0.1) is 12.8 Å². The fourth-order valence-electron chi connectivity index (χ4n) is 2.51. The van der Waals surface area contributed by atoms with Crippen LogP contribution >= 0.6 is 0 Å². The zero-order valence-electron chi connectivity index (χ0n) is 11.4. The molecule has 1 aromatic carbocycles.